The second kappa shape index (κ2) is 8.57. The summed E-state index contributed by atoms with van der Waals surface area (Å²) in [6.45, 7) is 3.10. The first kappa shape index (κ1) is 20.0. The first-order valence-corrected chi connectivity index (χ1v) is 11.3. The van der Waals surface area contributed by atoms with Crippen LogP contribution in [0.2, 0.25) is 0 Å². The second-order valence-electron chi connectivity index (χ2n) is 8.32. The highest BCUT2D eigenvalue weighted by Crippen LogP contribution is 2.30. The van der Waals surface area contributed by atoms with Crippen LogP contribution in [0, 0.1) is 5.82 Å². The molecule has 0 radical (unpaired) electrons. The van der Waals surface area contributed by atoms with E-state index in [-0.39, 0.29) is 30.0 Å². The van der Waals surface area contributed by atoms with Crippen LogP contribution in [-0.2, 0) is 0 Å². The summed E-state index contributed by atoms with van der Waals surface area (Å²) in [7, 11) is 0. The Morgan fingerprint density at radius 3 is 2.39 bits per heavy atom. The number of nitrogens with zero attached hydrogens (tertiary/aromatic N) is 3. The number of urea groups is 1. The molecule has 1 atom stereocenters. The molecule has 28 heavy (non-hydrogen) atoms. The van der Waals surface area contributed by atoms with E-state index < -0.39 is 0 Å². The normalized spacial score (nSPS) is 29.3. The molecule has 0 bridgehead atoms. The molecule has 2 aliphatic heterocycles. The Labute approximate surface area is 174 Å². The van der Waals surface area contributed by atoms with Gasteiger partial charge in [-0.1, -0.05) is 15.9 Å². The van der Waals surface area contributed by atoms with Crippen molar-refractivity contribution >= 4 is 27.6 Å². The maximum absolute atomic E-state index is 14.4. The number of rotatable bonds is 3. The van der Waals surface area contributed by atoms with Gasteiger partial charge in [-0.05, 0) is 63.1 Å². The summed E-state index contributed by atoms with van der Waals surface area (Å²) in [6, 6.07) is 5.70. The number of carbonyl (C=O) groups excluding carboxylic acids is 1. The zero-order valence-corrected chi connectivity index (χ0v) is 17.8. The molecule has 3 fully saturated rings. The van der Waals surface area contributed by atoms with E-state index in [0.717, 1.165) is 69.1 Å². The highest BCUT2D eigenvalue weighted by Gasteiger charge is 2.37. The third kappa shape index (κ3) is 4.15. The van der Waals surface area contributed by atoms with Crippen molar-refractivity contribution in [1.29, 1.82) is 0 Å². The smallest absolute Gasteiger partial charge is 0.320 e. The first-order valence-electron chi connectivity index (χ1n) is 10.5. The largest absolute Gasteiger partial charge is 0.393 e. The van der Waals surface area contributed by atoms with Crippen molar-refractivity contribution < 1.29 is 14.3 Å². The molecule has 2 amide bonds. The summed E-state index contributed by atoms with van der Waals surface area (Å²) in [6.07, 6.45) is 6.05. The number of aliphatic hydroxyl groups excluding tert-OH is 1. The summed E-state index contributed by atoms with van der Waals surface area (Å²) >= 11 is 3.32. The summed E-state index contributed by atoms with van der Waals surface area (Å²) in [5.74, 6) is -0.220. The zero-order chi connectivity index (χ0) is 19.7. The zero-order valence-electron chi connectivity index (χ0n) is 16.2. The van der Waals surface area contributed by atoms with Gasteiger partial charge in [-0.2, -0.15) is 0 Å². The molecule has 154 valence electrons. The van der Waals surface area contributed by atoms with E-state index in [1.54, 1.807) is 0 Å². The molecule has 1 saturated carbocycles. The van der Waals surface area contributed by atoms with E-state index in [2.05, 4.69) is 20.8 Å². The summed E-state index contributed by atoms with van der Waals surface area (Å²) in [5, 5.41) is 9.77. The number of anilines is 1. The molecule has 1 aliphatic carbocycles. The van der Waals surface area contributed by atoms with Crippen LogP contribution in [0.25, 0.3) is 0 Å². The van der Waals surface area contributed by atoms with Crippen molar-refractivity contribution in [3.63, 3.8) is 0 Å². The molecule has 2 saturated heterocycles. The van der Waals surface area contributed by atoms with Crippen LogP contribution < -0.4 is 4.90 Å². The van der Waals surface area contributed by atoms with Crippen LogP contribution in [0.15, 0.2) is 22.7 Å². The molecule has 4 rings (SSSR count). The van der Waals surface area contributed by atoms with Crippen LogP contribution >= 0.6 is 15.9 Å². The lowest BCUT2D eigenvalue weighted by atomic mass is 9.91. The fraction of sp³-hybridized carbons (Fsp3) is 0.667. The number of aliphatic hydroxyl groups is 1. The number of hydrogen-bond donors (Lipinski definition) is 1. The van der Waals surface area contributed by atoms with Crippen molar-refractivity contribution in [2.24, 2.45) is 0 Å². The number of hydrogen-bond acceptors (Lipinski definition) is 3. The van der Waals surface area contributed by atoms with Gasteiger partial charge in [-0.15, -0.1) is 0 Å². The molecule has 0 unspecified atom stereocenters. The predicted octanol–water partition coefficient (Wildman–Crippen LogP) is 3.99. The van der Waals surface area contributed by atoms with E-state index in [0.29, 0.717) is 12.2 Å². The molecule has 1 aromatic carbocycles. The minimum Gasteiger partial charge on any atom is -0.393 e. The van der Waals surface area contributed by atoms with Crippen LogP contribution in [0.4, 0.5) is 14.9 Å². The summed E-state index contributed by atoms with van der Waals surface area (Å²) in [4.78, 5) is 19.4. The number of piperidine rings is 1. The molecule has 0 spiro atoms. The SMILES string of the molecule is O=C1N(C2CCC(O)CC2)CCCN1[C@@H]1CCCN(c2ccc(Br)cc2F)C1. The van der Waals surface area contributed by atoms with E-state index in [9.17, 15) is 14.3 Å². The molecule has 3 aliphatic rings. The van der Waals surface area contributed by atoms with Crippen LogP contribution in [0.5, 0.6) is 0 Å². The first-order chi connectivity index (χ1) is 13.5. The van der Waals surface area contributed by atoms with E-state index in [1.165, 1.54) is 6.07 Å². The fourth-order valence-electron chi connectivity index (χ4n) is 4.98. The van der Waals surface area contributed by atoms with Crippen molar-refractivity contribution in [3.05, 3.63) is 28.5 Å². The van der Waals surface area contributed by atoms with Crippen molar-refractivity contribution in [2.45, 2.75) is 63.1 Å². The van der Waals surface area contributed by atoms with E-state index >= 15 is 0 Å². The van der Waals surface area contributed by atoms with E-state index in [4.69, 9.17) is 0 Å². The molecular weight excluding hydrogens is 425 g/mol. The topological polar surface area (TPSA) is 47.0 Å². The monoisotopic (exact) mass is 453 g/mol. The Bertz CT molecular complexity index is 711. The van der Waals surface area contributed by atoms with Crippen LogP contribution in [0.1, 0.15) is 44.9 Å². The van der Waals surface area contributed by atoms with Crippen molar-refractivity contribution in [3.8, 4) is 0 Å². The van der Waals surface area contributed by atoms with Crippen molar-refractivity contribution in [1.82, 2.24) is 9.80 Å². The maximum atomic E-state index is 14.4. The van der Waals surface area contributed by atoms with Crippen molar-refractivity contribution in [2.75, 3.05) is 31.1 Å². The number of halogens is 2. The molecule has 7 heteroatoms. The Morgan fingerprint density at radius 1 is 0.964 bits per heavy atom. The lowest BCUT2D eigenvalue weighted by molar-refractivity contribution is 0.0505. The lowest BCUT2D eigenvalue weighted by Crippen LogP contribution is -2.59. The highest BCUT2D eigenvalue weighted by molar-refractivity contribution is 9.10. The van der Waals surface area contributed by atoms with Gasteiger partial charge >= 0.3 is 6.03 Å². The number of amides is 2. The standard InChI is InChI=1S/C21H29BrFN3O2/c22-15-4-9-20(19(23)13-15)24-10-1-3-17(14-24)26-12-2-11-25(21(26)28)16-5-7-18(27)8-6-16/h4,9,13,16-18,27H,1-3,5-8,10-12,14H2/t16?,17-,18?/m1/s1. The van der Waals surface area contributed by atoms with Gasteiger partial charge in [0, 0.05) is 36.7 Å². The Morgan fingerprint density at radius 2 is 1.68 bits per heavy atom. The lowest BCUT2D eigenvalue weighted by Gasteiger charge is -2.47. The number of carbonyl (C=O) groups is 1. The molecule has 1 aromatic rings. The van der Waals surface area contributed by atoms with Gasteiger partial charge in [-0.25, -0.2) is 9.18 Å². The van der Waals surface area contributed by atoms with Gasteiger partial charge in [0.15, 0.2) is 0 Å². The third-order valence-electron chi connectivity index (χ3n) is 6.48. The highest BCUT2D eigenvalue weighted by atomic mass is 79.9. The van der Waals surface area contributed by atoms with Gasteiger partial charge in [-0.3, -0.25) is 0 Å². The molecule has 2 heterocycles. The minimum atomic E-state index is -0.220. The molecule has 1 N–H and O–H groups in total. The Balaban J connectivity index is 1.44. The molecular formula is C21H29BrFN3O2. The summed E-state index contributed by atoms with van der Waals surface area (Å²) < 4.78 is 15.2. The Hall–Kier alpha value is -1.34. The number of benzene rings is 1. The second-order valence-corrected chi connectivity index (χ2v) is 9.24. The average molecular weight is 454 g/mol. The minimum absolute atomic E-state index is 0.126. The fourth-order valence-corrected chi connectivity index (χ4v) is 5.31. The van der Waals surface area contributed by atoms with Crippen LogP contribution in [-0.4, -0.2) is 65.3 Å². The van der Waals surface area contributed by atoms with Gasteiger partial charge < -0.3 is 19.8 Å². The van der Waals surface area contributed by atoms with Gasteiger partial charge in [0.1, 0.15) is 5.82 Å². The average Bonchev–Trinajstić information content (AvgIpc) is 2.69. The molecule has 5 nitrogen and oxygen atoms in total. The van der Waals surface area contributed by atoms with Gasteiger partial charge in [0.25, 0.3) is 0 Å². The van der Waals surface area contributed by atoms with Gasteiger partial charge in [0.2, 0.25) is 0 Å². The van der Waals surface area contributed by atoms with Crippen LogP contribution in [0.3, 0.4) is 0 Å². The quantitative estimate of drug-likeness (QED) is 0.752. The Kier molecular flexibility index (Phi) is 6.11. The third-order valence-corrected chi connectivity index (χ3v) is 6.98. The predicted molar refractivity (Wildman–Crippen MR) is 111 cm³/mol. The summed E-state index contributed by atoms with van der Waals surface area (Å²) in [5.41, 5.74) is 0.621. The maximum Gasteiger partial charge on any atom is 0.320 e. The van der Waals surface area contributed by atoms with Gasteiger partial charge in [0.05, 0.1) is 17.8 Å². The van der Waals surface area contributed by atoms with E-state index in [1.807, 2.05) is 21.9 Å². The molecule has 0 aromatic heterocycles.